The maximum atomic E-state index is 14.3. The van der Waals surface area contributed by atoms with Gasteiger partial charge in [0.15, 0.2) is 23.3 Å². The fourth-order valence-electron chi connectivity index (χ4n) is 17.1. The molecule has 18 nitrogen and oxygen atoms in total. The number of para-hydroxylation sites is 6. The van der Waals surface area contributed by atoms with Crippen molar-refractivity contribution in [3.63, 3.8) is 0 Å². The van der Waals surface area contributed by atoms with Crippen LogP contribution in [0.5, 0.6) is 17.2 Å². The Morgan fingerprint density at radius 1 is 0.321 bits per heavy atom. The molecule has 6 heterocycles. The molecular weight excluding hydrogens is 1410 g/mol. The second-order valence-electron chi connectivity index (χ2n) is 29.8. The third-order valence-electron chi connectivity index (χ3n) is 22.3. The van der Waals surface area contributed by atoms with Crippen LogP contribution in [0.3, 0.4) is 0 Å². The fraction of sp³-hybridized carbons (Fsp3) is 0.481. The van der Waals surface area contributed by atoms with Crippen LogP contribution in [0.25, 0.3) is 0 Å². The zero-order valence-corrected chi connectivity index (χ0v) is 62.3. The van der Waals surface area contributed by atoms with Gasteiger partial charge in [-0.05, 0) is 179 Å². The minimum Gasteiger partial charge on any atom is -0.489 e. The first kappa shape index (κ1) is 75.9. The molecule has 3 saturated carbocycles. The van der Waals surface area contributed by atoms with Gasteiger partial charge in [0.2, 0.25) is 0 Å². The van der Waals surface area contributed by atoms with Crippen LogP contribution < -0.4 is 28.9 Å². The summed E-state index contributed by atoms with van der Waals surface area (Å²) in [5.41, 5.74) is 2.22. The Morgan fingerprint density at radius 2 is 0.594 bits per heavy atom. The summed E-state index contributed by atoms with van der Waals surface area (Å²) in [5.74, 6) is -9.19. The number of nitrogens with zero attached hydrogens (tertiary/aromatic N) is 9. The Balaban J connectivity index is 0.000000141. The van der Waals surface area contributed by atoms with Gasteiger partial charge in [-0.2, -0.15) is 0 Å². The molecule has 3 aliphatic carbocycles. The largest absolute Gasteiger partial charge is 0.489 e. The summed E-state index contributed by atoms with van der Waals surface area (Å²) in [7, 11) is 0. The van der Waals surface area contributed by atoms with E-state index in [1.165, 1.54) is 34.1 Å². The molecule has 6 fully saturated rings. The lowest BCUT2D eigenvalue weighted by Crippen LogP contribution is -2.52. The second-order valence-corrected chi connectivity index (χ2v) is 30.6. The SMILES string of the molecule is CC(C)Oc1ccccc1N1CCN(C2CCC(N3C(=O)c4c(F)c(F)c(F)c(F)c4C3=O)CC2)CC1.CC(C)Oc1ccccc1N1CCN(C2CCC(N3C(=O)c4cc(Cl)c(Cl)cc4C3=O)CC2)CC1.CC(C)Oc1ccccc1N1CCN(C2CCC(N3C(=O)c4cccc(F)c4C3=O)CC2)CC1. The number of hydrogen-bond acceptors (Lipinski definition) is 15. The number of ether oxygens (including phenoxy) is 3. The van der Waals surface area contributed by atoms with Gasteiger partial charge in [-0.3, -0.25) is 58.2 Å². The van der Waals surface area contributed by atoms with Gasteiger partial charge >= 0.3 is 0 Å². The van der Waals surface area contributed by atoms with E-state index in [2.05, 4.69) is 73.6 Å². The zero-order chi connectivity index (χ0) is 74.9. The van der Waals surface area contributed by atoms with Crippen LogP contribution >= 0.6 is 23.2 Å². The van der Waals surface area contributed by atoms with Crippen molar-refractivity contribution in [2.75, 3.05) is 93.2 Å². The van der Waals surface area contributed by atoms with E-state index in [4.69, 9.17) is 37.4 Å². The van der Waals surface area contributed by atoms with Crippen LogP contribution in [0.2, 0.25) is 10.0 Å². The Morgan fingerprint density at radius 3 is 0.906 bits per heavy atom. The first-order chi connectivity index (χ1) is 50.9. The van der Waals surface area contributed by atoms with E-state index >= 15 is 0 Å². The van der Waals surface area contributed by atoms with Crippen LogP contribution in [-0.4, -0.2) is 198 Å². The molecule has 6 amide bonds. The molecule has 6 aromatic carbocycles. The Hall–Kier alpha value is -8.35. The van der Waals surface area contributed by atoms with E-state index in [0.717, 1.165) is 169 Å². The van der Waals surface area contributed by atoms with Crippen LogP contribution in [0.1, 0.15) is 181 Å². The van der Waals surface area contributed by atoms with E-state index in [1.807, 2.05) is 70.2 Å². The molecule has 0 unspecified atom stereocenters. The summed E-state index contributed by atoms with van der Waals surface area (Å²) in [5, 5.41) is 0.601. The average Bonchev–Trinajstić information content (AvgIpc) is 1.81. The predicted molar refractivity (Wildman–Crippen MR) is 397 cm³/mol. The van der Waals surface area contributed by atoms with Gasteiger partial charge in [-0.25, -0.2) is 22.0 Å². The molecule has 564 valence electrons. The van der Waals surface area contributed by atoms with Crippen LogP contribution in [0.4, 0.5) is 39.0 Å². The van der Waals surface area contributed by atoms with Crippen molar-refractivity contribution in [2.45, 2.75) is 173 Å². The summed E-state index contributed by atoms with van der Waals surface area (Å²) in [6.07, 6.45) is 9.66. The molecule has 6 aliphatic heterocycles. The fourth-order valence-corrected chi connectivity index (χ4v) is 17.4. The molecule has 3 saturated heterocycles. The molecule has 106 heavy (non-hydrogen) atoms. The number of amides is 6. The van der Waals surface area contributed by atoms with Crippen molar-refractivity contribution in [1.29, 1.82) is 0 Å². The Kier molecular flexibility index (Phi) is 23.3. The molecule has 9 aliphatic rings. The lowest BCUT2D eigenvalue weighted by Gasteiger charge is -2.43. The van der Waals surface area contributed by atoms with Crippen molar-refractivity contribution in [3.8, 4) is 17.2 Å². The molecule has 15 rings (SSSR count). The molecular formula is C81H92Cl2F5N9O9. The number of hydrogen-bond donors (Lipinski definition) is 0. The van der Waals surface area contributed by atoms with Crippen molar-refractivity contribution < 1.29 is 64.9 Å². The number of benzene rings is 6. The number of carbonyl (C=O) groups is 6. The van der Waals surface area contributed by atoms with Crippen LogP contribution in [0, 0.1) is 29.1 Å². The molecule has 0 aromatic heterocycles. The summed E-state index contributed by atoms with van der Waals surface area (Å²) < 4.78 is 88.1. The number of halogens is 7. The highest BCUT2D eigenvalue weighted by Gasteiger charge is 2.49. The highest BCUT2D eigenvalue weighted by Crippen LogP contribution is 2.42. The van der Waals surface area contributed by atoms with Crippen LogP contribution in [-0.2, 0) is 0 Å². The van der Waals surface area contributed by atoms with Gasteiger partial charge in [0, 0.05) is 115 Å². The maximum Gasteiger partial charge on any atom is 0.265 e. The molecule has 0 N–H and O–H groups in total. The zero-order valence-electron chi connectivity index (χ0n) is 60.8. The number of rotatable bonds is 15. The predicted octanol–water partition coefficient (Wildman–Crippen LogP) is 14.6. The minimum absolute atomic E-state index is 0.0625. The van der Waals surface area contributed by atoms with Crippen molar-refractivity contribution in [2.24, 2.45) is 0 Å². The van der Waals surface area contributed by atoms with Gasteiger partial charge in [0.05, 0.1) is 78.8 Å². The molecule has 6 aromatic rings. The highest BCUT2D eigenvalue weighted by molar-refractivity contribution is 6.43. The summed E-state index contributed by atoms with van der Waals surface area (Å²) >= 11 is 12.2. The first-order valence-corrected chi connectivity index (χ1v) is 38.2. The number of carbonyl (C=O) groups excluding carboxylic acids is 6. The quantitative estimate of drug-likeness (QED) is 0.0413. The van der Waals surface area contributed by atoms with Crippen molar-refractivity contribution >= 4 is 75.7 Å². The van der Waals surface area contributed by atoms with Crippen molar-refractivity contribution in [3.05, 3.63) is 176 Å². The monoisotopic (exact) mass is 1500 g/mol. The van der Waals surface area contributed by atoms with Gasteiger partial charge in [-0.1, -0.05) is 65.7 Å². The maximum absolute atomic E-state index is 14.3. The summed E-state index contributed by atoms with van der Waals surface area (Å²) in [4.78, 5) is 95.3. The molecule has 25 heteroatoms. The Bertz CT molecular complexity index is 4190. The Labute approximate surface area is 626 Å². The molecule has 0 bridgehead atoms. The molecule has 0 spiro atoms. The lowest BCUT2D eigenvalue weighted by molar-refractivity contribution is 0.0474. The summed E-state index contributed by atoms with van der Waals surface area (Å²) in [6.45, 7) is 23.3. The topological polar surface area (TPSA) is 159 Å². The number of anilines is 3. The van der Waals surface area contributed by atoms with E-state index in [1.54, 1.807) is 6.07 Å². The molecule has 0 atom stereocenters. The van der Waals surface area contributed by atoms with Gasteiger partial charge in [0.25, 0.3) is 35.4 Å². The van der Waals surface area contributed by atoms with Gasteiger partial charge in [0.1, 0.15) is 23.1 Å². The van der Waals surface area contributed by atoms with Gasteiger partial charge < -0.3 is 28.9 Å². The average molecular weight is 1500 g/mol. The molecule has 0 radical (unpaired) electrons. The highest BCUT2D eigenvalue weighted by atomic mass is 35.5. The van der Waals surface area contributed by atoms with E-state index < -0.39 is 64.0 Å². The van der Waals surface area contributed by atoms with Crippen LogP contribution in [0.15, 0.2) is 103 Å². The third-order valence-corrected chi connectivity index (χ3v) is 23.0. The van der Waals surface area contributed by atoms with E-state index in [-0.39, 0.29) is 65.3 Å². The van der Waals surface area contributed by atoms with Crippen molar-refractivity contribution in [1.82, 2.24) is 29.4 Å². The smallest absolute Gasteiger partial charge is 0.265 e. The van der Waals surface area contributed by atoms with E-state index in [0.29, 0.717) is 58.9 Å². The first-order valence-electron chi connectivity index (χ1n) is 37.5. The number of imide groups is 3. The second kappa shape index (κ2) is 32.6. The summed E-state index contributed by atoms with van der Waals surface area (Å²) in [6, 6.07) is 32.2. The standard InChI is InChI=1S/C27H31Cl2N3O3.C27H29F4N3O3.C27H32FN3O3/c1-17(2)35-25-6-4-3-5-24(25)31-13-11-30(12-14-31)18-7-9-19(10-8-18)32-26(33)20-15-22(28)23(29)16-21(20)27(32)34;1-15(2)37-19-6-4-3-5-18(19)33-13-11-32(12-14-33)16-7-9-17(10-8-16)34-26(35)20-21(27(34)36)23(29)25(31)24(30)22(20)28;1-18(2)34-24-9-4-3-8-23(24)30-16-14-29(15-17-30)19-10-12-20(13-11-19)31-26(32)21-6-5-7-22(28)25(21)27(31)33/h3-6,15-19H,7-14H2,1-2H3;3-6,15-17H,7-14H2,1-2H3;3-9,18-20H,10-17H2,1-2H3. The third kappa shape index (κ3) is 15.6. The minimum atomic E-state index is -2.08. The number of fused-ring (bicyclic) bond motifs is 3. The van der Waals surface area contributed by atoms with Gasteiger partial charge in [-0.15, -0.1) is 0 Å². The normalized spacial score (nSPS) is 23.1. The van der Waals surface area contributed by atoms with E-state index in [9.17, 15) is 50.7 Å². The number of piperazine rings is 3. The lowest BCUT2D eigenvalue weighted by atomic mass is 9.89.